The fraction of sp³-hybridized carbons (Fsp3) is 0.526. The van der Waals surface area contributed by atoms with Gasteiger partial charge in [0.2, 0.25) is 15.8 Å². The number of nitrogens with zero attached hydrogens (tertiary/aromatic N) is 4. The Labute approximate surface area is 171 Å². The van der Waals surface area contributed by atoms with E-state index >= 15 is 0 Å². The maximum absolute atomic E-state index is 12.8. The van der Waals surface area contributed by atoms with Gasteiger partial charge in [-0.1, -0.05) is 18.0 Å². The Morgan fingerprint density at radius 1 is 1.14 bits per heavy atom. The minimum absolute atomic E-state index is 0.125. The molecule has 0 aliphatic carbocycles. The summed E-state index contributed by atoms with van der Waals surface area (Å²) in [5.74, 6) is -0.326. The first-order valence-electron chi connectivity index (χ1n) is 9.75. The number of amides is 1. The number of rotatable bonds is 7. The molecule has 1 aliphatic heterocycles. The second-order valence-corrected chi connectivity index (χ2v) is 9.26. The van der Waals surface area contributed by atoms with E-state index in [4.69, 9.17) is 4.52 Å². The normalized spacial score (nSPS) is 16.0. The van der Waals surface area contributed by atoms with Gasteiger partial charge in [-0.2, -0.15) is 9.29 Å². The Balaban J connectivity index is 1.69. The lowest BCUT2D eigenvalue weighted by molar-refractivity contribution is 0.0907. The van der Waals surface area contributed by atoms with Crippen LogP contribution in [-0.4, -0.2) is 73.9 Å². The van der Waals surface area contributed by atoms with Crippen molar-refractivity contribution in [3.05, 3.63) is 30.2 Å². The quantitative estimate of drug-likeness (QED) is 0.723. The molecule has 0 spiro atoms. The predicted molar refractivity (Wildman–Crippen MR) is 108 cm³/mol. The topological polar surface area (TPSA) is 109 Å². The standard InChI is InChI=1S/C19H27N5O4S/c1-23(2)14-11-20-18(25)19-21-17(22-28-19)15-7-9-16(10-8-15)29(26,27)24-12-5-3-4-6-13-24/h7-10H,3-6,11-14H2,1-2H3,(H,20,25). The zero-order valence-corrected chi connectivity index (χ0v) is 17.6. The number of sulfonamides is 1. The van der Waals surface area contributed by atoms with E-state index < -0.39 is 15.9 Å². The number of likely N-dealkylation sites (N-methyl/N-ethyl adjacent to an activating group) is 1. The van der Waals surface area contributed by atoms with E-state index in [1.807, 2.05) is 19.0 Å². The minimum atomic E-state index is -3.51. The lowest BCUT2D eigenvalue weighted by atomic mass is 10.2. The van der Waals surface area contributed by atoms with Crippen LogP contribution in [0.3, 0.4) is 0 Å². The minimum Gasteiger partial charge on any atom is -0.347 e. The molecular weight excluding hydrogens is 394 g/mol. The molecular formula is C19H27N5O4S. The maximum atomic E-state index is 12.8. The summed E-state index contributed by atoms with van der Waals surface area (Å²) in [5.41, 5.74) is 0.580. The molecule has 3 rings (SSSR count). The van der Waals surface area contributed by atoms with Gasteiger partial charge in [0, 0.05) is 31.7 Å². The molecule has 0 radical (unpaired) electrons. The van der Waals surface area contributed by atoms with Crippen LogP contribution in [0.5, 0.6) is 0 Å². The van der Waals surface area contributed by atoms with Crippen molar-refractivity contribution in [3.63, 3.8) is 0 Å². The predicted octanol–water partition coefficient (Wildman–Crippen LogP) is 1.59. The summed E-state index contributed by atoms with van der Waals surface area (Å²) < 4.78 is 32.3. The summed E-state index contributed by atoms with van der Waals surface area (Å²) >= 11 is 0. The Bertz CT molecular complexity index is 916. The smallest absolute Gasteiger partial charge is 0.316 e. The first-order chi connectivity index (χ1) is 13.9. The molecule has 1 aromatic heterocycles. The van der Waals surface area contributed by atoms with Crippen molar-refractivity contribution in [1.82, 2.24) is 24.7 Å². The molecule has 1 fully saturated rings. The molecule has 2 aromatic rings. The fourth-order valence-electron chi connectivity index (χ4n) is 3.11. The maximum Gasteiger partial charge on any atom is 0.316 e. The highest BCUT2D eigenvalue weighted by molar-refractivity contribution is 7.89. The van der Waals surface area contributed by atoms with E-state index in [2.05, 4.69) is 15.5 Å². The second kappa shape index (κ2) is 9.47. The van der Waals surface area contributed by atoms with Crippen LogP contribution in [0, 0.1) is 0 Å². The number of hydrogen-bond acceptors (Lipinski definition) is 7. The van der Waals surface area contributed by atoms with Crippen LogP contribution in [0.25, 0.3) is 11.4 Å². The molecule has 1 aliphatic rings. The molecule has 1 saturated heterocycles. The summed E-state index contributed by atoms with van der Waals surface area (Å²) in [6, 6.07) is 6.35. The molecule has 1 N–H and O–H groups in total. The van der Waals surface area contributed by atoms with Gasteiger partial charge < -0.3 is 14.7 Å². The lowest BCUT2D eigenvalue weighted by Gasteiger charge is -2.19. The van der Waals surface area contributed by atoms with Crippen molar-refractivity contribution in [1.29, 1.82) is 0 Å². The van der Waals surface area contributed by atoms with Crippen molar-refractivity contribution in [2.24, 2.45) is 0 Å². The van der Waals surface area contributed by atoms with Gasteiger partial charge in [0.25, 0.3) is 0 Å². The largest absolute Gasteiger partial charge is 0.347 e. The number of carbonyl (C=O) groups excluding carboxylic acids is 1. The third-order valence-electron chi connectivity index (χ3n) is 4.78. The average molecular weight is 422 g/mol. The molecule has 29 heavy (non-hydrogen) atoms. The van der Waals surface area contributed by atoms with E-state index in [1.54, 1.807) is 28.6 Å². The molecule has 10 heteroatoms. The van der Waals surface area contributed by atoms with Crippen LogP contribution >= 0.6 is 0 Å². The number of nitrogens with one attached hydrogen (secondary N) is 1. The molecule has 0 bridgehead atoms. The average Bonchev–Trinajstić information content (AvgIpc) is 3.02. The molecule has 1 aromatic carbocycles. The molecule has 2 heterocycles. The summed E-state index contributed by atoms with van der Waals surface area (Å²) in [6.45, 7) is 2.27. The number of benzene rings is 1. The van der Waals surface area contributed by atoms with Gasteiger partial charge >= 0.3 is 11.8 Å². The molecule has 9 nitrogen and oxygen atoms in total. The Morgan fingerprint density at radius 2 is 1.79 bits per heavy atom. The van der Waals surface area contributed by atoms with E-state index in [0.717, 1.165) is 25.7 Å². The Morgan fingerprint density at radius 3 is 2.41 bits per heavy atom. The van der Waals surface area contributed by atoms with Crippen LogP contribution in [0.15, 0.2) is 33.7 Å². The molecule has 0 saturated carbocycles. The van der Waals surface area contributed by atoms with Crippen molar-refractivity contribution in [2.45, 2.75) is 30.6 Å². The van der Waals surface area contributed by atoms with Crippen molar-refractivity contribution < 1.29 is 17.7 Å². The highest BCUT2D eigenvalue weighted by Gasteiger charge is 2.25. The van der Waals surface area contributed by atoms with Gasteiger partial charge in [-0.15, -0.1) is 0 Å². The summed E-state index contributed by atoms with van der Waals surface area (Å²) in [6.07, 6.45) is 3.90. The number of hydrogen-bond donors (Lipinski definition) is 1. The van der Waals surface area contributed by atoms with Crippen LogP contribution < -0.4 is 5.32 Å². The highest BCUT2D eigenvalue weighted by atomic mass is 32.2. The van der Waals surface area contributed by atoms with Crippen LogP contribution in [0.1, 0.15) is 36.4 Å². The van der Waals surface area contributed by atoms with Crippen molar-refractivity contribution >= 4 is 15.9 Å². The van der Waals surface area contributed by atoms with Gasteiger partial charge in [0.1, 0.15) is 0 Å². The zero-order chi connectivity index (χ0) is 20.9. The monoisotopic (exact) mass is 421 g/mol. The van der Waals surface area contributed by atoms with Crippen LogP contribution in [0.4, 0.5) is 0 Å². The molecule has 1 amide bonds. The van der Waals surface area contributed by atoms with Gasteiger partial charge in [-0.3, -0.25) is 4.79 Å². The van der Waals surface area contributed by atoms with Gasteiger partial charge in [-0.05, 0) is 51.2 Å². The van der Waals surface area contributed by atoms with E-state index in [1.165, 1.54) is 0 Å². The Kier molecular flexibility index (Phi) is 6.99. The van der Waals surface area contributed by atoms with Crippen molar-refractivity contribution in [3.8, 4) is 11.4 Å². The lowest BCUT2D eigenvalue weighted by Crippen LogP contribution is -2.31. The highest BCUT2D eigenvalue weighted by Crippen LogP contribution is 2.23. The SMILES string of the molecule is CN(C)CCNC(=O)c1nc(-c2ccc(S(=O)(=O)N3CCCCCC3)cc2)no1. The van der Waals surface area contributed by atoms with Gasteiger partial charge in [-0.25, -0.2) is 8.42 Å². The fourth-order valence-corrected chi connectivity index (χ4v) is 4.63. The van der Waals surface area contributed by atoms with E-state index in [9.17, 15) is 13.2 Å². The van der Waals surface area contributed by atoms with Crippen LogP contribution in [0.2, 0.25) is 0 Å². The molecule has 0 atom stereocenters. The summed E-state index contributed by atoms with van der Waals surface area (Å²) in [4.78, 5) is 18.3. The first kappa shape index (κ1) is 21.4. The van der Waals surface area contributed by atoms with Gasteiger partial charge in [0.05, 0.1) is 4.90 Å². The number of carbonyl (C=O) groups is 1. The summed E-state index contributed by atoms with van der Waals surface area (Å²) in [5, 5.41) is 6.53. The van der Waals surface area contributed by atoms with E-state index in [0.29, 0.717) is 31.7 Å². The molecule has 0 unspecified atom stereocenters. The first-order valence-corrected chi connectivity index (χ1v) is 11.2. The van der Waals surface area contributed by atoms with Crippen LogP contribution in [-0.2, 0) is 10.0 Å². The van der Waals surface area contributed by atoms with Crippen molar-refractivity contribution in [2.75, 3.05) is 40.3 Å². The van der Waals surface area contributed by atoms with E-state index in [-0.39, 0.29) is 16.6 Å². The van der Waals surface area contributed by atoms with Gasteiger partial charge in [0.15, 0.2) is 0 Å². The number of aromatic nitrogens is 2. The zero-order valence-electron chi connectivity index (χ0n) is 16.8. The Hall–Kier alpha value is -2.30. The third-order valence-corrected chi connectivity index (χ3v) is 6.69. The third kappa shape index (κ3) is 5.40. The molecule has 158 valence electrons. The second-order valence-electron chi connectivity index (χ2n) is 7.32. The summed E-state index contributed by atoms with van der Waals surface area (Å²) in [7, 11) is 0.312.